The molecule has 7 nitrogen and oxygen atoms in total. The molecule has 1 unspecified atom stereocenters. The fourth-order valence-electron chi connectivity index (χ4n) is 2.36. The van der Waals surface area contributed by atoms with Crippen molar-refractivity contribution in [1.29, 1.82) is 0 Å². The summed E-state index contributed by atoms with van der Waals surface area (Å²) in [5, 5.41) is 14.2. The third-order valence-electron chi connectivity index (χ3n) is 3.57. The minimum Gasteiger partial charge on any atom is -0.396 e. The molecule has 1 fully saturated rings. The van der Waals surface area contributed by atoms with Gasteiger partial charge in [-0.1, -0.05) is 13.3 Å². The summed E-state index contributed by atoms with van der Waals surface area (Å²) in [5.41, 5.74) is -0.959. The van der Waals surface area contributed by atoms with Crippen LogP contribution in [0.2, 0.25) is 0 Å². The number of amides is 4. The van der Waals surface area contributed by atoms with E-state index in [9.17, 15) is 14.4 Å². The number of nitrogens with zero attached hydrogens (tertiary/aromatic N) is 1. The highest BCUT2D eigenvalue weighted by atomic mass is 16.3. The Balaban J connectivity index is 2.47. The van der Waals surface area contributed by atoms with Crippen LogP contribution in [0.15, 0.2) is 0 Å². The smallest absolute Gasteiger partial charge is 0.325 e. The van der Waals surface area contributed by atoms with Gasteiger partial charge in [-0.25, -0.2) is 4.79 Å². The molecular formula is C14H25N3O4. The molecule has 1 aliphatic rings. The summed E-state index contributed by atoms with van der Waals surface area (Å²) < 4.78 is 0. The molecule has 0 spiro atoms. The summed E-state index contributed by atoms with van der Waals surface area (Å²) in [6.07, 6.45) is 2.52. The number of hydrogen-bond acceptors (Lipinski definition) is 4. The normalized spacial score (nSPS) is 18.6. The van der Waals surface area contributed by atoms with E-state index >= 15 is 0 Å². The van der Waals surface area contributed by atoms with E-state index in [4.69, 9.17) is 5.11 Å². The lowest BCUT2D eigenvalue weighted by atomic mass is 10.0. The Bertz CT molecular complexity index is 403. The van der Waals surface area contributed by atoms with Gasteiger partial charge in [0.25, 0.3) is 5.91 Å². The van der Waals surface area contributed by atoms with Crippen molar-refractivity contribution < 1.29 is 19.5 Å². The largest absolute Gasteiger partial charge is 0.396 e. The first-order valence-corrected chi connectivity index (χ1v) is 7.33. The molecule has 1 heterocycles. The average Bonchev–Trinajstić information content (AvgIpc) is 2.59. The number of urea groups is 1. The number of hydrogen-bond donors (Lipinski definition) is 3. The molecule has 0 bridgehead atoms. The highest BCUT2D eigenvalue weighted by Crippen LogP contribution is 2.16. The van der Waals surface area contributed by atoms with Crippen LogP contribution in [0.4, 0.5) is 4.79 Å². The first-order valence-electron chi connectivity index (χ1n) is 7.33. The molecular weight excluding hydrogens is 274 g/mol. The van der Waals surface area contributed by atoms with E-state index in [1.807, 2.05) is 6.92 Å². The molecule has 0 aromatic carbocycles. The lowest BCUT2D eigenvalue weighted by Crippen LogP contribution is -2.43. The van der Waals surface area contributed by atoms with E-state index < -0.39 is 17.5 Å². The number of carbonyl (C=O) groups excluding carboxylic acids is 3. The van der Waals surface area contributed by atoms with Crippen molar-refractivity contribution in [2.75, 3.05) is 19.7 Å². The molecule has 1 rings (SSSR count). The molecule has 0 aliphatic carbocycles. The minimum absolute atomic E-state index is 0.0851. The topological polar surface area (TPSA) is 98.7 Å². The van der Waals surface area contributed by atoms with Crippen molar-refractivity contribution in [2.45, 2.75) is 45.6 Å². The van der Waals surface area contributed by atoms with Gasteiger partial charge in [0.2, 0.25) is 5.91 Å². The number of carbonyl (C=O) groups is 3. The van der Waals surface area contributed by atoms with Crippen molar-refractivity contribution in [1.82, 2.24) is 15.5 Å². The molecule has 120 valence electrons. The number of imide groups is 1. The molecule has 0 radical (unpaired) electrons. The minimum atomic E-state index is -0.959. The van der Waals surface area contributed by atoms with Crippen LogP contribution in [0.1, 0.15) is 40.0 Å². The zero-order chi connectivity index (χ0) is 16.0. The van der Waals surface area contributed by atoms with Crippen LogP contribution in [0.5, 0.6) is 0 Å². The van der Waals surface area contributed by atoms with E-state index in [2.05, 4.69) is 10.6 Å². The van der Waals surface area contributed by atoms with Gasteiger partial charge in [0.05, 0.1) is 0 Å². The predicted octanol–water partition coefficient (Wildman–Crippen LogP) is 0.232. The van der Waals surface area contributed by atoms with E-state index in [1.54, 1.807) is 13.8 Å². The van der Waals surface area contributed by atoms with Crippen LogP contribution in [0.25, 0.3) is 0 Å². The maximum atomic E-state index is 11.9. The second-order valence-corrected chi connectivity index (χ2v) is 5.92. The fraction of sp³-hybridized carbons (Fsp3) is 0.786. The van der Waals surface area contributed by atoms with Gasteiger partial charge in [-0.3, -0.25) is 14.5 Å². The zero-order valence-electron chi connectivity index (χ0n) is 12.9. The van der Waals surface area contributed by atoms with Crippen molar-refractivity contribution in [3.63, 3.8) is 0 Å². The van der Waals surface area contributed by atoms with Crippen LogP contribution in [-0.2, 0) is 9.59 Å². The van der Waals surface area contributed by atoms with Crippen molar-refractivity contribution in [2.24, 2.45) is 5.92 Å². The summed E-state index contributed by atoms with van der Waals surface area (Å²) in [6, 6.07) is -0.541. The van der Waals surface area contributed by atoms with Gasteiger partial charge in [0, 0.05) is 13.2 Å². The number of aliphatic hydroxyl groups excluding tert-OH is 1. The molecule has 3 N–H and O–H groups in total. The van der Waals surface area contributed by atoms with Crippen molar-refractivity contribution >= 4 is 17.8 Å². The third kappa shape index (κ3) is 4.70. The maximum Gasteiger partial charge on any atom is 0.325 e. The Morgan fingerprint density at radius 1 is 1.38 bits per heavy atom. The summed E-state index contributed by atoms with van der Waals surface area (Å²) >= 11 is 0. The quantitative estimate of drug-likeness (QED) is 0.559. The third-order valence-corrected chi connectivity index (χ3v) is 3.57. The fourth-order valence-corrected chi connectivity index (χ4v) is 2.36. The Labute approximate surface area is 125 Å². The average molecular weight is 299 g/mol. The van der Waals surface area contributed by atoms with Crippen LogP contribution >= 0.6 is 0 Å². The Kier molecular flexibility index (Phi) is 6.14. The van der Waals surface area contributed by atoms with E-state index in [1.165, 1.54) is 0 Å². The van der Waals surface area contributed by atoms with Gasteiger partial charge in [-0.15, -0.1) is 0 Å². The molecule has 0 aromatic heterocycles. The molecule has 0 aromatic rings. The standard InChI is InChI=1S/C14H25N3O4/c1-4-5-10(6-7-18)8-15-11(19)9-17-12(20)14(2,3)16-13(17)21/h10,18H,4-9H2,1-3H3,(H,15,19)(H,16,21). The number of aliphatic hydroxyl groups is 1. The van der Waals surface area contributed by atoms with E-state index in [0.717, 1.165) is 17.7 Å². The van der Waals surface area contributed by atoms with Gasteiger partial charge in [0.1, 0.15) is 12.1 Å². The highest BCUT2D eigenvalue weighted by molar-refractivity contribution is 6.08. The van der Waals surface area contributed by atoms with Gasteiger partial charge in [0.15, 0.2) is 0 Å². The summed E-state index contributed by atoms with van der Waals surface area (Å²) in [5.74, 6) is -0.554. The van der Waals surface area contributed by atoms with Crippen LogP contribution in [0.3, 0.4) is 0 Å². The van der Waals surface area contributed by atoms with Crippen molar-refractivity contribution in [3.05, 3.63) is 0 Å². The van der Waals surface area contributed by atoms with Gasteiger partial charge in [-0.2, -0.15) is 0 Å². The molecule has 7 heteroatoms. The summed E-state index contributed by atoms with van der Waals surface area (Å²) in [7, 11) is 0. The molecule has 1 aliphatic heterocycles. The van der Waals surface area contributed by atoms with E-state index in [-0.39, 0.29) is 25.0 Å². The lowest BCUT2D eigenvalue weighted by Gasteiger charge is -2.18. The van der Waals surface area contributed by atoms with E-state index in [0.29, 0.717) is 13.0 Å². The summed E-state index contributed by atoms with van der Waals surface area (Å²) in [4.78, 5) is 36.4. The first-order chi connectivity index (χ1) is 9.81. The monoisotopic (exact) mass is 299 g/mol. The predicted molar refractivity (Wildman–Crippen MR) is 77.4 cm³/mol. The van der Waals surface area contributed by atoms with Gasteiger partial charge >= 0.3 is 6.03 Å². The lowest BCUT2D eigenvalue weighted by molar-refractivity contribution is -0.134. The Morgan fingerprint density at radius 3 is 2.52 bits per heavy atom. The SMILES string of the molecule is CCCC(CCO)CNC(=O)CN1C(=O)NC(C)(C)C1=O. The first kappa shape index (κ1) is 17.4. The molecule has 0 saturated carbocycles. The van der Waals surface area contributed by atoms with Crippen LogP contribution < -0.4 is 10.6 Å². The molecule has 1 saturated heterocycles. The van der Waals surface area contributed by atoms with Crippen molar-refractivity contribution in [3.8, 4) is 0 Å². The van der Waals surface area contributed by atoms with Crippen LogP contribution in [-0.4, -0.2) is 53.1 Å². The highest BCUT2D eigenvalue weighted by Gasteiger charge is 2.44. The summed E-state index contributed by atoms with van der Waals surface area (Å²) in [6.45, 7) is 5.50. The second-order valence-electron chi connectivity index (χ2n) is 5.92. The zero-order valence-corrected chi connectivity index (χ0v) is 12.9. The Morgan fingerprint density at radius 2 is 2.05 bits per heavy atom. The Hall–Kier alpha value is -1.63. The van der Waals surface area contributed by atoms with Crippen LogP contribution in [0, 0.1) is 5.92 Å². The number of nitrogens with one attached hydrogen (secondary N) is 2. The van der Waals surface area contributed by atoms with Gasteiger partial charge in [-0.05, 0) is 32.6 Å². The molecule has 1 atom stereocenters. The molecule has 21 heavy (non-hydrogen) atoms. The molecule has 4 amide bonds. The second kappa shape index (κ2) is 7.40. The maximum absolute atomic E-state index is 11.9. The number of rotatable bonds is 8. The van der Waals surface area contributed by atoms with Gasteiger partial charge < -0.3 is 15.7 Å².